The summed E-state index contributed by atoms with van der Waals surface area (Å²) in [4.78, 5) is 8.87. The summed E-state index contributed by atoms with van der Waals surface area (Å²) >= 11 is 1.38. The molecule has 0 fully saturated rings. The number of nitrogens with two attached hydrogens (primary N) is 1. The van der Waals surface area contributed by atoms with Crippen LogP contribution < -0.4 is 5.73 Å². The van der Waals surface area contributed by atoms with Crippen molar-refractivity contribution >= 4 is 17.2 Å². The third-order valence-corrected chi connectivity index (χ3v) is 3.54. The molecule has 0 aliphatic heterocycles. The molecule has 2 heterocycles. The van der Waals surface area contributed by atoms with Crippen LogP contribution in [-0.2, 0) is 6.42 Å². The number of nitrogen functional groups attached to an aromatic ring is 1. The lowest BCUT2D eigenvalue weighted by atomic mass is 10.2. The highest BCUT2D eigenvalue weighted by molar-refractivity contribution is 7.08. The molecule has 1 aromatic carbocycles. The van der Waals surface area contributed by atoms with Crippen molar-refractivity contribution in [3.8, 4) is 16.5 Å². The highest BCUT2D eigenvalue weighted by Crippen LogP contribution is 2.23. The van der Waals surface area contributed by atoms with Gasteiger partial charge >= 0.3 is 0 Å². The number of aromatic nitrogens is 4. The minimum atomic E-state index is 0.742. The van der Waals surface area contributed by atoms with Crippen molar-refractivity contribution in [2.24, 2.45) is 0 Å². The number of imidazole rings is 1. The van der Waals surface area contributed by atoms with Crippen LogP contribution in [0.4, 0.5) is 5.69 Å². The third-order valence-electron chi connectivity index (χ3n) is 2.79. The third kappa shape index (κ3) is 2.22. The Morgan fingerprint density at radius 2 is 2.05 bits per heavy atom. The van der Waals surface area contributed by atoms with Gasteiger partial charge in [0.05, 0.1) is 0 Å². The number of benzene rings is 1. The molecule has 0 amide bonds. The molecule has 0 spiro atoms. The SMILES string of the molecule is CCc1nsc(-n2ccnc2-c2ccc(N)cc2)n1. The molecule has 0 saturated carbocycles. The second-order valence-corrected chi connectivity index (χ2v) is 4.82. The molecule has 0 aliphatic carbocycles. The summed E-state index contributed by atoms with van der Waals surface area (Å²) in [6.07, 6.45) is 4.49. The fraction of sp³-hybridized carbons (Fsp3) is 0.154. The molecule has 0 radical (unpaired) electrons. The molecule has 5 nitrogen and oxygen atoms in total. The van der Waals surface area contributed by atoms with Crippen LogP contribution in [0.2, 0.25) is 0 Å². The molecule has 0 aliphatic rings. The average molecular weight is 271 g/mol. The van der Waals surface area contributed by atoms with E-state index in [4.69, 9.17) is 5.73 Å². The normalized spacial score (nSPS) is 10.8. The van der Waals surface area contributed by atoms with Crippen LogP contribution in [-0.4, -0.2) is 18.9 Å². The molecular weight excluding hydrogens is 258 g/mol. The predicted octanol–water partition coefficient (Wildman–Crippen LogP) is 2.54. The van der Waals surface area contributed by atoms with E-state index in [0.717, 1.165) is 34.5 Å². The van der Waals surface area contributed by atoms with Gasteiger partial charge in [-0.25, -0.2) is 9.97 Å². The first-order valence-corrected chi connectivity index (χ1v) is 6.77. The Morgan fingerprint density at radius 3 is 2.74 bits per heavy atom. The van der Waals surface area contributed by atoms with E-state index < -0.39 is 0 Å². The van der Waals surface area contributed by atoms with Crippen LogP contribution in [0.25, 0.3) is 16.5 Å². The van der Waals surface area contributed by atoms with Gasteiger partial charge in [-0.1, -0.05) is 6.92 Å². The Labute approximate surface area is 114 Å². The van der Waals surface area contributed by atoms with Gasteiger partial charge in [-0.05, 0) is 24.3 Å². The molecular formula is C13H13N5S. The van der Waals surface area contributed by atoms with E-state index in [1.807, 2.05) is 42.0 Å². The summed E-state index contributed by atoms with van der Waals surface area (Å²) in [5, 5.41) is 0.834. The van der Waals surface area contributed by atoms with Crippen molar-refractivity contribution < 1.29 is 0 Å². The van der Waals surface area contributed by atoms with E-state index >= 15 is 0 Å². The molecule has 96 valence electrons. The molecule has 0 atom stereocenters. The highest BCUT2D eigenvalue weighted by atomic mass is 32.1. The quantitative estimate of drug-likeness (QED) is 0.743. The number of rotatable bonds is 3. The van der Waals surface area contributed by atoms with Gasteiger partial charge in [-0.2, -0.15) is 4.37 Å². The van der Waals surface area contributed by atoms with Crippen molar-refractivity contribution in [2.45, 2.75) is 13.3 Å². The van der Waals surface area contributed by atoms with Gasteiger partial charge in [-0.3, -0.25) is 4.57 Å². The summed E-state index contributed by atoms with van der Waals surface area (Å²) in [5.41, 5.74) is 7.45. The van der Waals surface area contributed by atoms with Crippen molar-refractivity contribution in [1.29, 1.82) is 0 Å². The predicted molar refractivity (Wildman–Crippen MR) is 76.3 cm³/mol. The zero-order valence-corrected chi connectivity index (χ0v) is 11.3. The Kier molecular flexibility index (Phi) is 3.00. The van der Waals surface area contributed by atoms with E-state index in [0.29, 0.717) is 0 Å². The summed E-state index contributed by atoms with van der Waals surface area (Å²) in [7, 11) is 0. The molecule has 3 rings (SSSR count). The first kappa shape index (κ1) is 11.9. The van der Waals surface area contributed by atoms with E-state index in [9.17, 15) is 0 Å². The Morgan fingerprint density at radius 1 is 1.26 bits per heavy atom. The summed E-state index contributed by atoms with van der Waals surface area (Å²) in [5.74, 6) is 1.70. The Hall–Kier alpha value is -2.21. The van der Waals surface area contributed by atoms with Gasteiger partial charge < -0.3 is 5.73 Å². The molecule has 6 heteroatoms. The number of anilines is 1. The summed E-state index contributed by atoms with van der Waals surface area (Å²) in [6, 6.07) is 7.64. The fourth-order valence-electron chi connectivity index (χ4n) is 1.79. The molecule has 0 saturated heterocycles. The second kappa shape index (κ2) is 4.81. The lowest BCUT2D eigenvalue weighted by Gasteiger charge is -2.04. The van der Waals surface area contributed by atoms with E-state index in [2.05, 4.69) is 14.3 Å². The number of hydrogen-bond acceptors (Lipinski definition) is 5. The van der Waals surface area contributed by atoms with E-state index in [1.165, 1.54) is 11.5 Å². The maximum atomic E-state index is 5.70. The first-order valence-electron chi connectivity index (χ1n) is 6.00. The molecule has 2 N–H and O–H groups in total. The minimum Gasteiger partial charge on any atom is -0.399 e. The van der Waals surface area contributed by atoms with Gasteiger partial charge in [0.2, 0.25) is 5.13 Å². The molecule has 2 aromatic heterocycles. The Balaban J connectivity index is 2.04. The monoisotopic (exact) mass is 271 g/mol. The van der Waals surface area contributed by atoms with Crippen LogP contribution in [0.15, 0.2) is 36.7 Å². The number of hydrogen-bond donors (Lipinski definition) is 1. The van der Waals surface area contributed by atoms with Crippen molar-refractivity contribution in [2.75, 3.05) is 5.73 Å². The first-order chi connectivity index (χ1) is 9.28. The van der Waals surface area contributed by atoms with Gasteiger partial charge in [0.15, 0.2) is 0 Å². The number of aryl methyl sites for hydroxylation is 1. The zero-order valence-electron chi connectivity index (χ0n) is 10.4. The highest BCUT2D eigenvalue weighted by Gasteiger charge is 2.11. The topological polar surface area (TPSA) is 69.6 Å². The standard InChI is InChI=1S/C13H13N5S/c1-2-11-16-13(19-17-11)18-8-7-15-12(18)9-3-5-10(14)6-4-9/h3-8H,2,14H2,1H3. The molecule has 3 aromatic rings. The smallest absolute Gasteiger partial charge is 0.215 e. The summed E-state index contributed by atoms with van der Waals surface area (Å²) < 4.78 is 6.25. The zero-order chi connectivity index (χ0) is 13.2. The Bertz CT molecular complexity index is 683. The van der Waals surface area contributed by atoms with Gasteiger partial charge in [-0.15, -0.1) is 0 Å². The van der Waals surface area contributed by atoms with Crippen LogP contribution in [0.3, 0.4) is 0 Å². The van der Waals surface area contributed by atoms with Gasteiger partial charge in [0, 0.05) is 41.6 Å². The van der Waals surface area contributed by atoms with Gasteiger partial charge in [0.1, 0.15) is 11.6 Å². The van der Waals surface area contributed by atoms with Crippen LogP contribution in [0.1, 0.15) is 12.7 Å². The second-order valence-electron chi connectivity index (χ2n) is 4.09. The largest absolute Gasteiger partial charge is 0.399 e. The average Bonchev–Trinajstić information content (AvgIpc) is 3.07. The van der Waals surface area contributed by atoms with Crippen molar-refractivity contribution in [3.05, 3.63) is 42.5 Å². The fourth-order valence-corrected chi connectivity index (χ4v) is 2.53. The van der Waals surface area contributed by atoms with E-state index in [-0.39, 0.29) is 0 Å². The molecule has 0 bridgehead atoms. The van der Waals surface area contributed by atoms with Gasteiger partial charge in [0.25, 0.3) is 0 Å². The molecule has 0 unspecified atom stereocenters. The lowest BCUT2D eigenvalue weighted by molar-refractivity contribution is 0.958. The van der Waals surface area contributed by atoms with Crippen molar-refractivity contribution in [1.82, 2.24) is 18.9 Å². The van der Waals surface area contributed by atoms with Crippen LogP contribution >= 0.6 is 11.5 Å². The van der Waals surface area contributed by atoms with Crippen LogP contribution in [0.5, 0.6) is 0 Å². The van der Waals surface area contributed by atoms with Crippen LogP contribution in [0, 0.1) is 0 Å². The summed E-state index contributed by atoms with van der Waals surface area (Å²) in [6.45, 7) is 2.04. The molecule has 19 heavy (non-hydrogen) atoms. The number of nitrogens with zero attached hydrogens (tertiary/aromatic N) is 4. The van der Waals surface area contributed by atoms with E-state index in [1.54, 1.807) is 6.20 Å². The van der Waals surface area contributed by atoms with Crippen molar-refractivity contribution in [3.63, 3.8) is 0 Å². The maximum absolute atomic E-state index is 5.70. The lowest BCUT2D eigenvalue weighted by Crippen LogP contribution is -1.96. The minimum absolute atomic E-state index is 0.742. The maximum Gasteiger partial charge on any atom is 0.215 e.